The van der Waals surface area contributed by atoms with Gasteiger partial charge < -0.3 is 10.2 Å². The van der Waals surface area contributed by atoms with E-state index in [2.05, 4.69) is 18.7 Å². The molecule has 2 N–H and O–H groups in total. The molecule has 0 bridgehead atoms. The predicted octanol–water partition coefficient (Wildman–Crippen LogP) is 2.40. The van der Waals surface area contributed by atoms with Crippen LogP contribution < -0.4 is 5.73 Å². The Balaban J connectivity index is 2.13. The van der Waals surface area contributed by atoms with Crippen LogP contribution in [0.15, 0.2) is 23.0 Å². The summed E-state index contributed by atoms with van der Waals surface area (Å²) in [5.74, 6) is 0.775. The zero-order chi connectivity index (χ0) is 11.5. The zero-order valence-corrected chi connectivity index (χ0v) is 10.2. The largest absolute Gasteiger partial charge is 0.472 e. The molecule has 3 nitrogen and oxygen atoms in total. The van der Waals surface area contributed by atoms with Gasteiger partial charge in [-0.2, -0.15) is 0 Å². The van der Waals surface area contributed by atoms with E-state index in [4.69, 9.17) is 10.2 Å². The molecule has 0 amide bonds. The second-order valence-electron chi connectivity index (χ2n) is 5.04. The molecule has 1 aliphatic rings. The summed E-state index contributed by atoms with van der Waals surface area (Å²) >= 11 is 0. The number of likely N-dealkylation sites (tertiary alicyclic amines) is 1. The molecule has 3 unspecified atom stereocenters. The maximum atomic E-state index is 5.92. The number of nitrogens with zero attached hydrogens (tertiary/aromatic N) is 1. The van der Waals surface area contributed by atoms with Crippen LogP contribution in [0, 0.1) is 5.92 Å². The standard InChI is InChI=1S/C13H22N2O/c1-10-3-4-11(2)15(8-10)13(7-14)12-5-6-16-9-12/h5-6,9-11,13H,3-4,7-8,14H2,1-2H3. The number of furan rings is 1. The van der Waals surface area contributed by atoms with Crippen molar-refractivity contribution in [3.63, 3.8) is 0 Å². The lowest BCUT2D eigenvalue weighted by Gasteiger charge is -2.41. The molecule has 90 valence electrons. The molecule has 3 heteroatoms. The van der Waals surface area contributed by atoms with Crippen LogP contribution in [0.4, 0.5) is 0 Å². The first-order chi connectivity index (χ1) is 7.72. The van der Waals surface area contributed by atoms with Crippen molar-refractivity contribution in [3.05, 3.63) is 24.2 Å². The minimum Gasteiger partial charge on any atom is -0.472 e. The summed E-state index contributed by atoms with van der Waals surface area (Å²) in [7, 11) is 0. The number of piperidine rings is 1. The van der Waals surface area contributed by atoms with Crippen molar-refractivity contribution < 1.29 is 4.42 Å². The first kappa shape index (κ1) is 11.7. The normalized spacial score (nSPS) is 29.2. The van der Waals surface area contributed by atoms with Crippen molar-refractivity contribution >= 4 is 0 Å². The molecule has 1 aromatic heterocycles. The second-order valence-corrected chi connectivity index (χ2v) is 5.04. The van der Waals surface area contributed by atoms with Gasteiger partial charge in [-0.3, -0.25) is 4.90 Å². The van der Waals surface area contributed by atoms with Crippen molar-refractivity contribution in [2.24, 2.45) is 11.7 Å². The Kier molecular flexibility index (Phi) is 3.66. The van der Waals surface area contributed by atoms with Gasteiger partial charge in [-0.05, 0) is 31.7 Å². The van der Waals surface area contributed by atoms with Gasteiger partial charge >= 0.3 is 0 Å². The maximum Gasteiger partial charge on any atom is 0.0950 e. The molecule has 1 saturated heterocycles. The third kappa shape index (κ3) is 2.30. The van der Waals surface area contributed by atoms with E-state index in [-0.39, 0.29) is 0 Å². The molecular formula is C13H22N2O. The summed E-state index contributed by atoms with van der Waals surface area (Å²) in [6, 6.07) is 2.97. The highest BCUT2D eigenvalue weighted by Crippen LogP contribution is 2.30. The smallest absolute Gasteiger partial charge is 0.0950 e. The molecular weight excluding hydrogens is 200 g/mol. The SMILES string of the molecule is CC1CCC(C)N(C(CN)c2ccoc2)C1. The van der Waals surface area contributed by atoms with Crippen LogP contribution in [0.2, 0.25) is 0 Å². The van der Waals surface area contributed by atoms with Crippen LogP contribution in [0.5, 0.6) is 0 Å². The van der Waals surface area contributed by atoms with Crippen LogP contribution in [0.1, 0.15) is 38.3 Å². The first-order valence-electron chi connectivity index (χ1n) is 6.20. The van der Waals surface area contributed by atoms with E-state index < -0.39 is 0 Å². The zero-order valence-electron chi connectivity index (χ0n) is 10.2. The molecule has 0 spiro atoms. The Morgan fingerprint density at radius 3 is 2.94 bits per heavy atom. The van der Waals surface area contributed by atoms with E-state index in [1.807, 2.05) is 12.3 Å². The monoisotopic (exact) mass is 222 g/mol. The molecule has 3 atom stereocenters. The topological polar surface area (TPSA) is 42.4 Å². The van der Waals surface area contributed by atoms with Gasteiger partial charge in [0.2, 0.25) is 0 Å². The van der Waals surface area contributed by atoms with Crippen molar-refractivity contribution in [3.8, 4) is 0 Å². The van der Waals surface area contributed by atoms with Crippen molar-refractivity contribution in [1.82, 2.24) is 4.90 Å². The van der Waals surface area contributed by atoms with Gasteiger partial charge in [-0.25, -0.2) is 0 Å². The Morgan fingerprint density at radius 1 is 1.50 bits per heavy atom. The summed E-state index contributed by atoms with van der Waals surface area (Å²) < 4.78 is 5.17. The van der Waals surface area contributed by atoms with Gasteiger partial charge in [0.25, 0.3) is 0 Å². The summed E-state index contributed by atoms with van der Waals surface area (Å²) in [6.07, 6.45) is 6.16. The second kappa shape index (κ2) is 5.02. The molecule has 0 radical (unpaired) electrons. The van der Waals surface area contributed by atoms with E-state index in [1.54, 1.807) is 6.26 Å². The van der Waals surface area contributed by atoms with Gasteiger partial charge in [-0.15, -0.1) is 0 Å². The van der Waals surface area contributed by atoms with Gasteiger partial charge in [0.05, 0.1) is 18.6 Å². The summed E-state index contributed by atoms with van der Waals surface area (Å²) in [5, 5.41) is 0. The molecule has 1 aliphatic heterocycles. The summed E-state index contributed by atoms with van der Waals surface area (Å²) in [5.41, 5.74) is 7.13. The minimum atomic E-state index is 0.316. The van der Waals surface area contributed by atoms with Gasteiger partial charge in [0.1, 0.15) is 0 Å². The highest BCUT2D eigenvalue weighted by atomic mass is 16.3. The van der Waals surface area contributed by atoms with E-state index in [9.17, 15) is 0 Å². The lowest BCUT2D eigenvalue weighted by Crippen LogP contribution is -2.45. The minimum absolute atomic E-state index is 0.316. The van der Waals surface area contributed by atoms with Crippen molar-refractivity contribution in [2.75, 3.05) is 13.1 Å². The number of hydrogen-bond donors (Lipinski definition) is 1. The van der Waals surface area contributed by atoms with E-state index >= 15 is 0 Å². The van der Waals surface area contributed by atoms with Crippen LogP contribution >= 0.6 is 0 Å². The number of rotatable bonds is 3. The Hall–Kier alpha value is -0.800. The highest BCUT2D eigenvalue weighted by molar-refractivity contribution is 5.13. The maximum absolute atomic E-state index is 5.92. The van der Waals surface area contributed by atoms with Crippen molar-refractivity contribution in [2.45, 2.75) is 38.8 Å². The lowest BCUT2D eigenvalue weighted by atomic mass is 9.92. The number of hydrogen-bond acceptors (Lipinski definition) is 3. The van der Waals surface area contributed by atoms with Gasteiger partial charge in [0, 0.05) is 24.7 Å². The molecule has 16 heavy (non-hydrogen) atoms. The Labute approximate surface area is 97.6 Å². The first-order valence-corrected chi connectivity index (χ1v) is 6.20. The van der Waals surface area contributed by atoms with E-state index in [1.165, 1.54) is 18.4 Å². The molecule has 0 aromatic carbocycles. The van der Waals surface area contributed by atoms with Crippen LogP contribution in [-0.4, -0.2) is 24.0 Å². The Morgan fingerprint density at radius 2 is 2.31 bits per heavy atom. The third-order valence-electron chi connectivity index (χ3n) is 3.72. The van der Waals surface area contributed by atoms with Crippen LogP contribution in [0.3, 0.4) is 0 Å². The predicted molar refractivity (Wildman–Crippen MR) is 65.1 cm³/mol. The molecule has 0 aliphatic carbocycles. The average Bonchev–Trinajstić information content (AvgIpc) is 2.78. The third-order valence-corrected chi connectivity index (χ3v) is 3.72. The molecule has 0 saturated carbocycles. The highest BCUT2D eigenvalue weighted by Gasteiger charge is 2.29. The van der Waals surface area contributed by atoms with E-state index in [0.29, 0.717) is 18.6 Å². The summed E-state index contributed by atoms with van der Waals surface area (Å²) in [4.78, 5) is 2.53. The lowest BCUT2D eigenvalue weighted by molar-refractivity contribution is 0.0795. The van der Waals surface area contributed by atoms with Crippen LogP contribution in [0.25, 0.3) is 0 Å². The molecule has 2 heterocycles. The molecule has 2 rings (SSSR count). The fourth-order valence-electron chi connectivity index (χ4n) is 2.68. The fourth-order valence-corrected chi connectivity index (χ4v) is 2.68. The average molecular weight is 222 g/mol. The molecule has 1 aromatic rings. The van der Waals surface area contributed by atoms with Gasteiger partial charge in [0.15, 0.2) is 0 Å². The number of nitrogens with two attached hydrogens (primary N) is 1. The fraction of sp³-hybridized carbons (Fsp3) is 0.692. The van der Waals surface area contributed by atoms with Gasteiger partial charge in [-0.1, -0.05) is 6.92 Å². The van der Waals surface area contributed by atoms with Crippen LogP contribution in [-0.2, 0) is 0 Å². The van der Waals surface area contributed by atoms with Crippen molar-refractivity contribution in [1.29, 1.82) is 0 Å². The summed E-state index contributed by atoms with van der Waals surface area (Å²) in [6.45, 7) is 6.43. The molecule has 1 fully saturated rings. The quantitative estimate of drug-likeness (QED) is 0.854. The Bertz CT molecular complexity index is 310. The van der Waals surface area contributed by atoms with E-state index in [0.717, 1.165) is 12.5 Å².